The molecule has 0 aliphatic heterocycles. The minimum atomic E-state index is -3.75. The Bertz CT molecular complexity index is 964. The van der Waals surface area contributed by atoms with Gasteiger partial charge in [-0.15, -0.1) is 12.4 Å². The second kappa shape index (κ2) is 9.42. The van der Waals surface area contributed by atoms with Crippen molar-refractivity contribution in [2.24, 2.45) is 0 Å². The molecule has 0 unspecified atom stereocenters. The highest BCUT2D eigenvalue weighted by atomic mass is 35.5. The fraction of sp³-hybridized carbons (Fsp3) is 0.105. The molecule has 1 heterocycles. The fourth-order valence-electron chi connectivity index (χ4n) is 2.49. The van der Waals surface area contributed by atoms with E-state index in [4.69, 9.17) is 23.2 Å². The van der Waals surface area contributed by atoms with Crippen LogP contribution in [0, 0.1) is 0 Å². The number of pyridine rings is 1. The van der Waals surface area contributed by atoms with Crippen molar-refractivity contribution in [3.63, 3.8) is 0 Å². The first kappa shape index (κ1) is 21.5. The zero-order valence-electron chi connectivity index (χ0n) is 14.1. The number of rotatable bonds is 6. The summed E-state index contributed by atoms with van der Waals surface area (Å²) in [6, 6.07) is 18.4. The van der Waals surface area contributed by atoms with E-state index in [9.17, 15) is 8.42 Å². The minimum Gasteiger partial charge on any atom is -0.266 e. The van der Waals surface area contributed by atoms with E-state index in [0.29, 0.717) is 22.2 Å². The highest BCUT2D eigenvalue weighted by Crippen LogP contribution is 2.26. The van der Waals surface area contributed by atoms with Crippen LogP contribution in [0.2, 0.25) is 10.0 Å². The van der Waals surface area contributed by atoms with Crippen molar-refractivity contribution in [1.82, 2.24) is 4.98 Å². The summed E-state index contributed by atoms with van der Waals surface area (Å²) >= 11 is 11.8. The Hall–Kier alpha value is -1.79. The molecule has 142 valence electrons. The van der Waals surface area contributed by atoms with E-state index < -0.39 is 10.0 Å². The third-order valence-corrected chi connectivity index (χ3v) is 6.16. The van der Waals surface area contributed by atoms with E-state index in [1.807, 2.05) is 18.2 Å². The van der Waals surface area contributed by atoms with Crippen LogP contribution in [0.15, 0.2) is 77.8 Å². The van der Waals surface area contributed by atoms with Crippen molar-refractivity contribution in [2.75, 3.05) is 10.8 Å². The summed E-state index contributed by atoms with van der Waals surface area (Å²) in [5.74, 6) is 0. The van der Waals surface area contributed by atoms with E-state index in [1.165, 1.54) is 16.4 Å². The first-order valence-corrected chi connectivity index (χ1v) is 10.1. The number of aromatic nitrogens is 1. The molecule has 0 amide bonds. The van der Waals surface area contributed by atoms with Crippen LogP contribution in [0.3, 0.4) is 0 Å². The quantitative estimate of drug-likeness (QED) is 0.523. The minimum absolute atomic E-state index is 0. The lowest BCUT2D eigenvalue weighted by molar-refractivity contribution is 0.590. The second-order valence-corrected chi connectivity index (χ2v) is 8.31. The average Bonchev–Trinajstić information content (AvgIpc) is 2.64. The highest BCUT2D eigenvalue weighted by Gasteiger charge is 2.25. The van der Waals surface area contributed by atoms with Crippen molar-refractivity contribution in [3.8, 4) is 0 Å². The molecule has 3 rings (SSSR count). The first-order valence-electron chi connectivity index (χ1n) is 7.90. The molecule has 4 nitrogen and oxygen atoms in total. The summed E-state index contributed by atoms with van der Waals surface area (Å²) in [6.45, 7) is 0.254. The lowest BCUT2D eigenvalue weighted by Crippen LogP contribution is -2.33. The SMILES string of the molecule is Cl.O=S(=O)(c1ccc(Cl)cc1)N(CCc1ccccn1)c1ccc(Cl)cc1. The van der Waals surface area contributed by atoms with Crippen LogP contribution in [0.1, 0.15) is 5.69 Å². The third-order valence-electron chi connectivity index (χ3n) is 3.81. The zero-order chi connectivity index (χ0) is 18.6. The molecule has 0 aliphatic carbocycles. The average molecular weight is 444 g/mol. The van der Waals surface area contributed by atoms with Gasteiger partial charge in [-0.3, -0.25) is 9.29 Å². The molecular formula is C19H17Cl3N2O2S. The van der Waals surface area contributed by atoms with E-state index in [-0.39, 0.29) is 23.8 Å². The van der Waals surface area contributed by atoms with Gasteiger partial charge in [-0.25, -0.2) is 8.42 Å². The van der Waals surface area contributed by atoms with Gasteiger partial charge in [-0.05, 0) is 60.7 Å². The monoisotopic (exact) mass is 442 g/mol. The predicted octanol–water partition coefficient (Wildman–Crippen LogP) is 5.25. The van der Waals surface area contributed by atoms with Crippen LogP contribution in [0.4, 0.5) is 5.69 Å². The fourth-order valence-corrected chi connectivity index (χ4v) is 4.21. The molecule has 0 radical (unpaired) electrons. The van der Waals surface area contributed by atoms with Crippen molar-refractivity contribution in [2.45, 2.75) is 11.3 Å². The molecule has 0 N–H and O–H groups in total. The molecule has 27 heavy (non-hydrogen) atoms. The van der Waals surface area contributed by atoms with Gasteiger partial charge < -0.3 is 0 Å². The largest absolute Gasteiger partial charge is 0.266 e. The van der Waals surface area contributed by atoms with E-state index >= 15 is 0 Å². The molecule has 0 spiro atoms. The molecule has 0 fully saturated rings. The summed E-state index contributed by atoms with van der Waals surface area (Å²) in [5.41, 5.74) is 1.36. The van der Waals surface area contributed by atoms with Gasteiger partial charge in [0.05, 0.1) is 10.6 Å². The van der Waals surface area contributed by atoms with Gasteiger partial charge in [0.15, 0.2) is 0 Å². The van der Waals surface area contributed by atoms with Crippen LogP contribution < -0.4 is 4.31 Å². The van der Waals surface area contributed by atoms with Crippen molar-refractivity contribution in [3.05, 3.63) is 88.7 Å². The van der Waals surface area contributed by atoms with E-state index in [2.05, 4.69) is 4.98 Å². The Morgan fingerprint density at radius 2 is 1.44 bits per heavy atom. The summed E-state index contributed by atoms with van der Waals surface area (Å²) < 4.78 is 27.7. The maximum atomic E-state index is 13.2. The van der Waals surface area contributed by atoms with Gasteiger partial charge in [0.1, 0.15) is 0 Å². The van der Waals surface area contributed by atoms with Crippen LogP contribution in [-0.4, -0.2) is 19.9 Å². The second-order valence-electron chi connectivity index (χ2n) is 5.58. The topological polar surface area (TPSA) is 50.3 Å². The van der Waals surface area contributed by atoms with Crippen LogP contribution in [0.25, 0.3) is 0 Å². The Balaban J connectivity index is 0.00000261. The number of halogens is 3. The first-order chi connectivity index (χ1) is 12.5. The molecule has 3 aromatic rings. The van der Waals surface area contributed by atoms with Gasteiger partial charge in [-0.1, -0.05) is 29.3 Å². The van der Waals surface area contributed by atoms with Crippen molar-refractivity contribution in [1.29, 1.82) is 0 Å². The molecule has 0 saturated heterocycles. The lowest BCUT2D eigenvalue weighted by Gasteiger charge is -2.24. The number of nitrogens with zero attached hydrogens (tertiary/aromatic N) is 2. The van der Waals surface area contributed by atoms with Gasteiger partial charge in [-0.2, -0.15) is 0 Å². The molecular weight excluding hydrogens is 427 g/mol. The smallest absolute Gasteiger partial charge is 0.264 e. The summed E-state index contributed by atoms with van der Waals surface area (Å²) in [5, 5.41) is 1.03. The van der Waals surface area contributed by atoms with Crippen LogP contribution in [-0.2, 0) is 16.4 Å². The van der Waals surface area contributed by atoms with Gasteiger partial charge in [0.25, 0.3) is 10.0 Å². The molecule has 1 aromatic heterocycles. The molecule has 8 heteroatoms. The van der Waals surface area contributed by atoms with Gasteiger partial charge in [0, 0.05) is 34.9 Å². The molecule has 0 saturated carbocycles. The maximum absolute atomic E-state index is 13.2. The Labute approximate surface area is 175 Å². The zero-order valence-corrected chi connectivity index (χ0v) is 17.3. The van der Waals surface area contributed by atoms with E-state index in [1.54, 1.807) is 42.6 Å². The van der Waals surface area contributed by atoms with Crippen LogP contribution >= 0.6 is 35.6 Å². The number of hydrogen-bond donors (Lipinski definition) is 0. The number of sulfonamides is 1. The maximum Gasteiger partial charge on any atom is 0.264 e. The van der Waals surface area contributed by atoms with Crippen molar-refractivity contribution < 1.29 is 8.42 Å². The van der Waals surface area contributed by atoms with Gasteiger partial charge in [0.2, 0.25) is 0 Å². The third kappa shape index (κ3) is 5.36. The molecule has 2 aromatic carbocycles. The lowest BCUT2D eigenvalue weighted by atomic mass is 10.2. The summed E-state index contributed by atoms with van der Waals surface area (Å²) in [4.78, 5) is 4.44. The normalized spacial score (nSPS) is 10.9. The number of benzene rings is 2. The Kier molecular flexibility index (Phi) is 7.50. The number of anilines is 1. The van der Waals surface area contributed by atoms with Crippen LogP contribution in [0.5, 0.6) is 0 Å². The van der Waals surface area contributed by atoms with Gasteiger partial charge >= 0.3 is 0 Å². The van der Waals surface area contributed by atoms with Crippen molar-refractivity contribution >= 4 is 51.3 Å². The summed E-state index contributed by atoms with van der Waals surface area (Å²) in [7, 11) is -3.75. The molecule has 0 atom stereocenters. The highest BCUT2D eigenvalue weighted by molar-refractivity contribution is 7.92. The van der Waals surface area contributed by atoms with E-state index in [0.717, 1.165) is 5.69 Å². The predicted molar refractivity (Wildman–Crippen MR) is 113 cm³/mol. The molecule has 0 aliphatic rings. The Morgan fingerprint density at radius 1 is 0.852 bits per heavy atom. The molecule has 0 bridgehead atoms. The standard InChI is InChI=1S/C19H16Cl2N2O2S.ClH/c20-15-4-8-18(9-5-15)23(14-12-17-3-1-2-13-22-17)26(24,25)19-10-6-16(21)7-11-19;/h1-11,13H,12,14H2;1H. The number of hydrogen-bond acceptors (Lipinski definition) is 3. The Morgan fingerprint density at radius 3 is 2.00 bits per heavy atom. The summed E-state index contributed by atoms with van der Waals surface area (Å²) in [6.07, 6.45) is 2.17.